The summed E-state index contributed by atoms with van der Waals surface area (Å²) in [5.41, 5.74) is 7.99. The molecule has 1 atom stereocenters. The predicted molar refractivity (Wildman–Crippen MR) is 98.5 cm³/mol. The zero-order valence-corrected chi connectivity index (χ0v) is 15.1. The lowest BCUT2D eigenvalue weighted by Gasteiger charge is -2.32. The van der Waals surface area contributed by atoms with Crippen LogP contribution in [0.2, 0.25) is 0 Å². The highest BCUT2D eigenvalue weighted by atomic mass is 35.5. The molecular formula is C19H24ClN3O2. The molecule has 1 aromatic heterocycles. The van der Waals surface area contributed by atoms with Crippen LogP contribution in [0.5, 0.6) is 0 Å². The third-order valence-corrected chi connectivity index (χ3v) is 5.68. The second-order valence-electron chi connectivity index (χ2n) is 6.98. The molecule has 1 unspecified atom stereocenters. The van der Waals surface area contributed by atoms with E-state index in [0.29, 0.717) is 24.0 Å². The second kappa shape index (κ2) is 7.18. The Hall–Kier alpha value is -1.85. The van der Waals surface area contributed by atoms with Crippen LogP contribution in [0.1, 0.15) is 65.5 Å². The SMILES string of the molecule is Cc1cc(-c2ccc(C(Cl)C3(O)CCCCCC3)c(C(N)=O)c2)n[nH]1. The number of benzene rings is 1. The van der Waals surface area contributed by atoms with E-state index < -0.39 is 16.9 Å². The Labute approximate surface area is 152 Å². The van der Waals surface area contributed by atoms with E-state index >= 15 is 0 Å². The normalized spacial score (nSPS) is 18.5. The summed E-state index contributed by atoms with van der Waals surface area (Å²) < 4.78 is 0. The number of nitrogens with two attached hydrogens (primary N) is 1. The van der Waals surface area contributed by atoms with Gasteiger partial charge >= 0.3 is 0 Å². The standard InChI is InChI=1S/C19H24ClN3O2/c1-12-10-16(23-22-12)13-6-7-14(15(11-13)18(21)24)17(20)19(25)8-4-2-3-5-9-19/h6-7,10-11,17,25H,2-5,8-9H2,1H3,(H2,21,24)(H,22,23). The van der Waals surface area contributed by atoms with Crippen LogP contribution < -0.4 is 5.73 Å². The van der Waals surface area contributed by atoms with E-state index in [-0.39, 0.29) is 0 Å². The number of nitrogens with one attached hydrogen (secondary N) is 1. The van der Waals surface area contributed by atoms with Gasteiger partial charge in [0.2, 0.25) is 5.91 Å². The number of aromatic nitrogens is 2. The van der Waals surface area contributed by atoms with E-state index in [9.17, 15) is 9.90 Å². The molecule has 134 valence electrons. The van der Waals surface area contributed by atoms with Crippen molar-refractivity contribution in [1.29, 1.82) is 0 Å². The second-order valence-corrected chi connectivity index (χ2v) is 7.42. The van der Waals surface area contributed by atoms with Crippen LogP contribution >= 0.6 is 11.6 Å². The van der Waals surface area contributed by atoms with Crippen molar-refractivity contribution in [3.8, 4) is 11.3 Å². The monoisotopic (exact) mass is 361 g/mol. The van der Waals surface area contributed by atoms with E-state index in [1.165, 1.54) is 0 Å². The molecule has 0 radical (unpaired) electrons. The summed E-state index contributed by atoms with van der Waals surface area (Å²) in [6.45, 7) is 1.91. The molecule has 1 aliphatic carbocycles. The number of primary amides is 1. The van der Waals surface area contributed by atoms with Crippen LogP contribution in [0, 0.1) is 6.92 Å². The van der Waals surface area contributed by atoms with Gasteiger partial charge in [-0.1, -0.05) is 37.8 Å². The number of hydrogen-bond donors (Lipinski definition) is 3. The summed E-state index contributed by atoms with van der Waals surface area (Å²) >= 11 is 6.67. The predicted octanol–water partition coefficient (Wildman–Crippen LogP) is 3.85. The first-order valence-corrected chi connectivity index (χ1v) is 9.17. The summed E-state index contributed by atoms with van der Waals surface area (Å²) in [6.07, 6.45) is 5.37. The molecule has 1 heterocycles. The average Bonchev–Trinajstić information content (AvgIpc) is 2.90. The molecular weight excluding hydrogens is 338 g/mol. The van der Waals surface area contributed by atoms with Crippen LogP contribution in [0.3, 0.4) is 0 Å². The third kappa shape index (κ3) is 3.72. The van der Waals surface area contributed by atoms with Gasteiger partial charge in [0.05, 0.1) is 16.7 Å². The zero-order chi connectivity index (χ0) is 18.0. The molecule has 25 heavy (non-hydrogen) atoms. The number of aromatic amines is 1. The third-order valence-electron chi connectivity index (χ3n) is 5.03. The molecule has 1 saturated carbocycles. The van der Waals surface area contributed by atoms with Crippen molar-refractivity contribution < 1.29 is 9.90 Å². The largest absolute Gasteiger partial charge is 0.388 e. The highest BCUT2D eigenvalue weighted by Gasteiger charge is 2.38. The maximum atomic E-state index is 12.0. The molecule has 0 bridgehead atoms. The van der Waals surface area contributed by atoms with Gasteiger partial charge in [0.25, 0.3) is 0 Å². The highest BCUT2D eigenvalue weighted by Crippen LogP contribution is 2.43. The Morgan fingerprint density at radius 1 is 1.28 bits per heavy atom. The number of carbonyl (C=O) groups is 1. The van der Waals surface area contributed by atoms with E-state index in [1.807, 2.05) is 19.1 Å². The first kappa shape index (κ1) is 18.0. The van der Waals surface area contributed by atoms with Crippen LogP contribution in [-0.4, -0.2) is 26.8 Å². The van der Waals surface area contributed by atoms with Gasteiger partial charge in [0, 0.05) is 16.8 Å². The van der Waals surface area contributed by atoms with E-state index in [4.69, 9.17) is 17.3 Å². The number of H-pyrrole nitrogens is 1. The summed E-state index contributed by atoms with van der Waals surface area (Å²) in [5, 5.41) is 17.5. The number of alkyl halides is 1. The summed E-state index contributed by atoms with van der Waals surface area (Å²) in [7, 11) is 0. The molecule has 1 aliphatic rings. The molecule has 2 aromatic rings. The molecule has 0 spiro atoms. The molecule has 1 fully saturated rings. The number of aliphatic hydroxyl groups is 1. The molecule has 1 amide bonds. The fourth-order valence-electron chi connectivity index (χ4n) is 3.60. The topological polar surface area (TPSA) is 92.0 Å². The number of amides is 1. The van der Waals surface area contributed by atoms with Gasteiger partial charge < -0.3 is 10.8 Å². The molecule has 5 nitrogen and oxygen atoms in total. The smallest absolute Gasteiger partial charge is 0.249 e. The minimum atomic E-state index is -1.01. The van der Waals surface area contributed by atoms with Gasteiger partial charge in [-0.2, -0.15) is 5.10 Å². The minimum absolute atomic E-state index is 0.343. The molecule has 3 rings (SSSR count). The first-order valence-electron chi connectivity index (χ1n) is 8.73. The molecule has 1 aromatic carbocycles. The Morgan fingerprint density at radius 3 is 2.52 bits per heavy atom. The van der Waals surface area contributed by atoms with Gasteiger partial charge in [0.1, 0.15) is 0 Å². The van der Waals surface area contributed by atoms with Crippen molar-refractivity contribution in [2.45, 2.75) is 56.4 Å². The highest BCUT2D eigenvalue weighted by molar-refractivity contribution is 6.22. The van der Waals surface area contributed by atoms with Crippen molar-refractivity contribution in [2.24, 2.45) is 5.73 Å². The van der Waals surface area contributed by atoms with E-state index in [0.717, 1.165) is 42.6 Å². The van der Waals surface area contributed by atoms with Crippen molar-refractivity contribution >= 4 is 17.5 Å². The lowest BCUT2D eigenvalue weighted by atomic mass is 9.84. The van der Waals surface area contributed by atoms with Crippen molar-refractivity contribution in [1.82, 2.24) is 10.2 Å². The Bertz CT molecular complexity index is 764. The van der Waals surface area contributed by atoms with Crippen molar-refractivity contribution in [3.63, 3.8) is 0 Å². The van der Waals surface area contributed by atoms with Gasteiger partial charge in [0.15, 0.2) is 0 Å². The van der Waals surface area contributed by atoms with Crippen LogP contribution in [0.15, 0.2) is 24.3 Å². The fraction of sp³-hybridized carbons (Fsp3) is 0.474. The average molecular weight is 362 g/mol. The number of aryl methyl sites for hydroxylation is 1. The van der Waals surface area contributed by atoms with Crippen molar-refractivity contribution in [2.75, 3.05) is 0 Å². The van der Waals surface area contributed by atoms with Crippen LogP contribution in [0.25, 0.3) is 11.3 Å². The van der Waals surface area contributed by atoms with Crippen molar-refractivity contribution in [3.05, 3.63) is 41.1 Å². The number of nitrogens with zero attached hydrogens (tertiary/aromatic N) is 1. The Kier molecular flexibility index (Phi) is 5.16. The lowest BCUT2D eigenvalue weighted by molar-refractivity contribution is 0.0199. The van der Waals surface area contributed by atoms with Gasteiger partial charge in [-0.15, -0.1) is 11.6 Å². The lowest BCUT2D eigenvalue weighted by Crippen LogP contribution is -2.34. The number of hydrogen-bond acceptors (Lipinski definition) is 3. The fourth-order valence-corrected chi connectivity index (χ4v) is 4.01. The van der Waals surface area contributed by atoms with Gasteiger partial charge in [-0.05, 0) is 37.5 Å². The molecule has 0 saturated heterocycles. The molecule has 0 aliphatic heterocycles. The maximum absolute atomic E-state index is 12.0. The number of rotatable bonds is 4. The van der Waals surface area contributed by atoms with E-state index in [2.05, 4.69) is 10.2 Å². The first-order chi connectivity index (χ1) is 11.9. The Balaban J connectivity index is 1.99. The number of carbonyl (C=O) groups excluding carboxylic acids is 1. The summed E-state index contributed by atoms with van der Waals surface area (Å²) in [4.78, 5) is 12.0. The van der Waals surface area contributed by atoms with E-state index in [1.54, 1.807) is 12.1 Å². The van der Waals surface area contributed by atoms with Crippen LogP contribution in [0.4, 0.5) is 0 Å². The number of halogens is 1. The Morgan fingerprint density at radius 2 is 1.96 bits per heavy atom. The minimum Gasteiger partial charge on any atom is -0.388 e. The summed E-state index contributed by atoms with van der Waals surface area (Å²) in [5.74, 6) is -0.549. The maximum Gasteiger partial charge on any atom is 0.249 e. The zero-order valence-electron chi connectivity index (χ0n) is 14.4. The molecule has 6 heteroatoms. The van der Waals surface area contributed by atoms with Crippen LogP contribution in [-0.2, 0) is 0 Å². The molecule has 4 N–H and O–H groups in total. The van der Waals surface area contributed by atoms with Gasteiger partial charge in [-0.3, -0.25) is 9.89 Å². The quantitative estimate of drug-likeness (QED) is 0.570. The summed E-state index contributed by atoms with van der Waals surface area (Å²) in [6, 6.07) is 7.27. The van der Waals surface area contributed by atoms with Gasteiger partial charge in [-0.25, -0.2) is 0 Å².